The van der Waals surface area contributed by atoms with Gasteiger partial charge in [-0.05, 0) is 43.3 Å². The molecule has 0 aliphatic carbocycles. The monoisotopic (exact) mass is 421 g/mol. The summed E-state index contributed by atoms with van der Waals surface area (Å²) in [6.45, 7) is 1.99. The number of amides is 1. The average Bonchev–Trinajstić information content (AvgIpc) is 3.17. The van der Waals surface area contributed by atoms with Gasteiger partial charge in [0, 0.05) is 24.1 Å². The second-order valence-corrected chi connectivity index (χ2v) is 7.10. The molecule has 0 bridgehead atoms. The number of aromatic nitrogens is 2. The van der Waals surface area contributed by atoms with Crippen LogP contribution in [0.2, 0.25) is 5.02 Å². The molecule has 6 nitrogen and oxygen atoms in total. The number of anilines is 1. The van der Waals surface area contributed by atoms with Crippen molar-refractivity contribution < 1.29 is 14.3 Å². The maximum absolute atomic E-state index is 12.5. The average molecular weight is 422 g/mol. The lowest BCUT2D eigenvalue weighted by atomic mass is 10.2. The first-order valence-electron chi connectivity index (χ1n) is 9.46. The molecule has 0 radical (unpaired) electrons. The van der Waals surface area contributed by atoms with Gasteiger partial charge in [-0.15, -0.1) is 0 Å². The highest BCUT2D eigenvalue weighted by Crippen LogP contribution is 2.25. The Hall–Kier alpha value is -3.51. The summed E-state index contributed by atoms with van der Waals surface area (Å²) in [5.74, 6) is 0.809. The normalized spacial score (nSPS) is 11.8. The van der Waals surface area contributed by atoms with E-state index in [1.165, 1.54) is 0 Å². The van der Waals surface area contributed by atoms with Crippen LogP contribution in [0.3, 0.4) is 0 Å². The van der Waals surface area contributed by atoms with Crippen molar-refractivity contribution in [3.05, 3.63) is 89.8 Å². The third-order valence-electron chi connectivity index (χ3n) is 4.41. The number of imidazole rings is 1. The summed E-state index contributed by atoms with van der Waals surface area (Å²) >= 11 is 6.09. The molecule has 30 heavy (non-hydrogen) atoms. The third kappa shape index (κ3) is 4.72. The number of nitrogens with one attached hydrogen (secondary N) is 1. The molecule has 0 fully saturated rings. The Labute approximate surface area is 179 Å². The minimum Gasteiger partial charge on any atom is -0.487 e. The fourth-order valence-electron chi connectivity index (χ4n) is 2.91. The lowest BCUT2D eigenvalue weighted by Crippen LogP contribution is -2.30. The van der Waals surface area contributed by atoms with Crippen LogP contribution in [0, 0.1) is 0 Å². The zero-order valence-electron chi connectivity index (χ0n) is 16.3. The SMILES string of the molecule is CC(Oc1ccccc1Cl)C(=O)Nc1cccc(OCc2cn3ccccc3n2)c1. The van der Waals surface area contributed by atoms with Crippen molar-refractivity contribution in [1.82, 2.24) is 9.38 Å². The Bertz CT molecular complexity index is 1140. The van der Waals surface area contributed by atoms with Gasteiger partial charge >= 0.3 is 0 Å². The Morgan fingerprint density at radius 3 is 2.80 bits per heavy atom. The maximum Gasteiger partial charge on any atom is 0.265 e. The van der Waals surface area contributed by atoms with E-state index in [4.69, 9.17) is 21.1 Å². The molecule has 4 rings (SSSR count). The number of rotatable bonds is 7. The number of carbonyl (C=O) groups excluding carboxylic acids is 1. The van der Waals surface area contributed by atoms with Gasteiger partial charge in [0.1, 0.15) is 23.8 Å². The minimum absolute atomic E-state index is 0.285. The summed E-state index contributed by atoms with van der Waals surface area (Å²) in [5, 5.41) is 3.29. The number of hydrogen-bond acceptors (Lipinski definition) is 4. The van der Waals surface area contributed by atoms with E-state index in [9.17, 15) is 4.79 Å². The lowest BCUT2D eigenvalue weighted by molar-refractivity contribution is -0.122. The minimum atomic E-state index is -0.715. The Morgan fingerprint density at radius 1 is 1.13 bits per heavy atom. The summed E-state index contributed by atoms with van der Waals surface area (Å²) in [7, 11) is 0. The van der Waals surface area contributed by atoms with Gasteiger partial charge in [-0.25, -0.2) is 4.98 Å². The summed E-state index contributed by atoms with van der Waals surface area (Å²) in [6, 6.07) is 20.1. The van der Waals surface area contributed by atoms with Gasteiger partial charge in [0.25, 0.3) is 5.91 Å². The van der Waals surface area contributed by atoms with E-state index < -0.39 is 6.10 Å². The molecule has 1 amide bonds. The number of halogens is 1. The van der Waals surface area contributed by atoms with Gasteiger partial charge in [-0.1, -0.05) is 35.9 Å². The predicted octanol–water partition coefficient (Wildman–Crippen LogP) is 4.97. The number of pyridine rings is 1. The van der Waals surface area contributed by atoms with Crippen molar-refractivity contribution >= 4 is 28.8 Å². The highest BCUT2D eigenvalue weighted by molar-refractivity contribution is 6.32. The van der Waals surface area contributed by atoms with Crippen LogP contribution in [0.4, 0.5) is 5.69 Å². The first-order valence-corrected chi connectivity index (χ1v) is 9.84. The van der Waals surface area contributed by atoms with Crippen molar-refractivity contribution in [3.63, 3.8) is 0 Å². The molecular weight excluding hydrogens is 402 g/mol. The van der Waals surface area contributed by atoms with Crippen LogP contribution in [0.1, 0.15) is 12.6 Å². The highest BCUT2D eigenvalue weighted by atomic mass is 35.5. The van der Waals surface area contributed by atoms with Crippen molar-refractivity contribution in [1.29, 1.82) is 0 Å². The molecule has 1 atom stereocenters. The molecule has 2 heterocycles. The zero-order chi connectivity index (χ0) is 20.9. The Morgan fingerprint density at radius 2 is 1.97 bits per heavy atom. The summed E-state index contributed by atoms with van der Waals surface area (Å²) in [4.78, 5) is 17.0. The zero-order valence-corrected chi connectivity index (χ0v) is 17.0. The van der Waals surface area contributed by atoms with E-state index in [1.807, 2.05) is 47.1 Å². The first-order chi connectivity index (χ1) is 14.6. The molecule has 7 heteroatoms. The smallest absolute Gasteiger partial charge is 0.265 e. The Kier molecular flexibility index (Phi) is 5.86. The molecule has 2 aromatic heterocycles. The van der Waals surface area contributed by atoms with Crippen molar-refractivity contribution in [2.75, 3.05) is 5.32 Å². The molecule has 1 N–H and O–H groups in total. The molecule has 1 unspecified atom stereocenters. The number of hydrogen-bond donors (Lipinski definition) is 1. The molecule has 0 spiro atoms. The van der Waals surface area contributed by atoms with Crippen molar-refractivity contribution in [3.8, 4) is 11.5 Å². The van der Waals surface area contributed by atoms with Gasteiger partial charge < -0.3 is 19.2 Å². The number of nitrogens with zero attached hydrogens (tertiary/aromatic N) is 2. The largest absolute Gasteiger partial charge is 0.487 e. The number of benzene rings is 2. The molecule has 0 saturated heterocycles. The van der Waals surface area contributed by atoms with E-state index in [-0.39, 0.29) is 5.91 Å². The van der Waals surface area contributed by atoms with Crippen LogP contribution < -0.4 is 14.8 Å². The van der Waals surface area contributed by atoms with E-state index in [1.54, 1.807) is 43.3 Å². The van der Waals surface area contributed by atoms with Crippen LogP contribution in [-0.4, -0.2) is 21.4 Å². The summed E-state index contributed by atoms with van der Waals surface area (Å²) in [5.41, 5.74) is 2.30. The van der Waals surface area contributed by atoms with Crippen molar-refractivity contribution in [2.24, 2.45) is 0 Å². The second kappa shape index (κ2) is 8.88. The van der Waals surface area contributed by atoms with Gasteiger partial charge in [0.2, 0.25) is 0 Å². The van der Waals surface area contributed by atoms with E-state index in [0.717, 1.165) is 11.3 Å². The van der Waals surface area contributed by atoms with Crippen LogP contribution in [-0.2, 0) is 11.4 Å². The van der Waals surface area contributed by atoms with Crippen LogP contribution in [0.25, 0.3) is 5.65 Å². The van der Waals surface area contributed by atoms with Gasteiger partial charge in [-0.3, -0.25) is 4.79 Å². The molecule has 2 aromatic carbocycles. The molecule has 0 aliphatic heterocycles. The number of fused-ring (bicyclic) bond motifs is 1. The Balaban J connectivity index is 1.36. The number of ether oxygens (including phenoxy) is 2. The molecular formula is C23H20ClN3O3. The van der Waals surface area contributed by atoms with Gasteiger partial charge in [0.15, 0.2) is 6.10 Å². The van der Waals surface area contributed by atoms with Crippen LogP contribution in [0.15, 0.2) is 79.1 Å². The third-order valence-corrected chi connectivity index (χ3v) is 4.72. The fraction of sp³-hybridized carbons (Fsp3) is 0.130. The quantitative estimate of drug-likeness (QED) is 0.457. The standard InChI is InChI=1S/C23H20ClN3O3/c1-16(30-21-10-3-2-9-20(21)24)23(28)26-17-7-6-8-19(13-17)29-15-18-14-27-12-5-4-11-22(27)25-18/h2-14,16H,15H2,1H3,(H,26,28). The van der Waals surface area contributed by atoms with E-state index in [2.05, 4.69) is 10.3 Å². The summed E-state index contributed by atoms with van der Waals surface area (Å²) in [6.07, 6.45) is 3.15. The fourth-order valence-corrected chi connectivity index (χ4v) is 3.09. The predicted molar refractivity (Wildman–Crippen MR) is 116 cm³/mol. The molecule has 0 aliphatic rings. The highest BCUT2D eigenvalue weighted by Gasteiger charge is 2.16. The second-order valence-electron chi connectivity index (χ2n) is 6.69. The van der Waals surface area contributed by atoms with Crippen LogP contribution >= 0.6 is 11.6 Å². The van der Waals surface area contributed by atoms with Crippen molar-refractivity contribution in [2.45, 2.75) is 19.6 Å². The number of para-hydroxylation sites is 1. The number of carbonyl (C=O) groups is 1. The summed E-state index contributed by atoms with van der Waals surface area (Å²) < 4.78 is 13.4. The molecule has 0 saturated carbocycles. The molecule has 4 aromatic rings. The topological polar surface area (TPSA) is 64.9 Å². The van der Waals surface area contributed by atoms with Crippen LogP contribution in [0.5, 0.6) is 11.5 Å². The van der Waals surface area contributed by atoms with Gasteiger partial charge in [0.05, 0.1) is 10.7 Å². The van der Waals surface area contributed by atoms with E-state index >= 15 is 0 Å². The first kappa shape index (κ1) is 19.8. The van der Waals surface area contributed by atoms with E-state index in [0.29, 0.717) is 28.8 Å². The molecule has 152 valence electrons. The van der Waals surface area contributed by atoms with Gasteiger partial charge in [-0.2, -0.15) is 0 Å². The lowest BCUT2D eigenvalue weighted by Gasteiger charge is -2.16. The maximum atomic E-state index is 12.5.